The Morgan fingerprint density at radius 3 is 2.46 bits per heavy atom. The topological polar surface area (TPSA) is 37.8 Å². The van der Waals surface area contributed by atoms with Gasteiger partial charge in [-0.05, 0) is 23.8 Å². The molecule has 0 saturated carbocycles. The fourth-order valence-electron chi connectivity index (χ4n) is 2.23. The van der Waals surface area contributed by atoms with Crippen LogP contribution in [0.2, 0.25) is 0 Å². The molecule has 3 aromatic rings. The van der Waals surface area contributed by atoms with Crippen LogP contribution in [0.1, 0.15) is 11.1 Å². The van der Waals surface area contributed by atoms with E-state index in [1.807, 2.05) is 30.3 Å². The van der Waals surface area contributed by atoms with Crippen molar-refractivity contribution < 1.29 is 13.2 Å². The molecule has 0 unspecified atom stereocenters. The summed E-state index contributed by atoms with van der Waals surface area (Å²) in [5.41, 5.74) is 0.749. The van der Waals surface area contributed by atoms with Crippen molar-refractivity contribution in [2.45, 2.75) is 12.7 Å². The molecule has 122 valence electrons. The quantitative estimate of drug-likeness (QED) is 0.749. The summed E-state index contributed by atoms with van der Waals surface area (Å²) < 4.78 is 38.2. The molecular weight excluding hydrogens is 315 g/mol. The first-order chi connectivity index (χ1) is 11.5. The van der Waals surface area contributed by atoms with Gasteiger partial charge in [0.1, 0.15) is 5.82 Å². The third-order valence-electron chi connectivity index (χ3n) is 3.42. The highest BCUT2D eigenvalue weighted by Crippen LogP contribution is 2.29. The van der Waals surface area contributed by atoms with Gasteiger partial charge in [0.05, 0.1) is 5.56 Å². The van der Waals surface area contributed by atoms with Crippen LogP contribution in [0.3, 0.4) is 0 Å². The van der Waals surface area contributed by atoms with Gasteiger partial charge in [0.25, 0.3) is 0 Å². The molecule has 1 heterocycles. The molecule has 1 N–H and O–H groups in total. The van der Waals surface area contributed by atoms with Gasteiger partial charge in [0.15, 0.2) is 5.82 Å². The second kappa shape index (κ2) is 6.70. The summed E-state index contributed by atoms with van der Waals surface area (Å²) in [6.07, 6.45) is -2.73. The van der Waals surface area contributed by atoms with Crippen molar-refractivity contribution in [3.8, 4) is 11.4 Å². The van der Waals surface area contributed by atoms with E-state index in [4.69, 9.17) is 0 Å². The first-order valence-electron chi connectivity index (χ1n) is 7.31. The summed E-state index contributed by atoms with van der Waals surface area (Å²) in [4.78, 5) is 8.60. The molecule has 3 nitrogen and oxygen atoms in total. The Bertz CT molecular complexity index is 817. The predicted molar refractivity (Wildman–Crippen MR) is 86.2 cm³/mol. The molecule has 0 atom stereocenters. The van der Waals surface area contributed by atoms with Gasteiger partial charge in [0, 0.05) is 18.3 Å². The molecule has 24 heavy (non-hydrogen) atoms. The van der Waals surface area contributed by atoms with Crippen molar-refractivity contribution in [2.75, 3.05) is 5.32 Å². The second-order valence-corrected chi connectivity index (χ2v) is 5.18. The molecule has 0 saturated heterocycles. The van der Waals surface area contributed by atoms with E-state index in [9.17, 15) is 13.2 Å². The largest absolute Gasteiger partial charge is 0.416 e. The van der Waals surface area contributed by atoms with E-state index >= 15 is 0 Å². The number of nitrogens with one attached hydrogen (secondary N) is 1. The fourth-order valence-corrected chi connectivity index (χ4v) is 2.23. The van der Waals surface area contributed by atoms with Crippen LogP contribution >= 0.6 is 0 Å². The Labute approximate surface area is 137 Å². The lowest BCUT2D eigenvalue weighted by Gasteiger charge is -2.10. The standard InChI is InChI=1S/C18H14F3N3/c19-18(20,21)15-8-4-5-13(11-15)12-23-16-9-10-22-17(24-16)14-6-2-1-3-7-14/h1-11H,12H2,(H,22,23,24). The summed E-state index contributed by atoms with van der Waals surface area (Å²) in [5, 5.41) is 3.03. The Morgan fingerprint density at radius 2 is 1.71 bits per heavy atom. The van der Waals surface area contributed by atoms with E-state index in [2.05, 4.69) is 15.3 Å². The number of halogens is 3. The Kier molecular flexibility index (Phi) is 4.46. The van der Waals surface area contributed by atoms with Crippen LogP contribution in [0.15, 0.2) is 66.9 Å². The summed E-state index contributed by atoms with van der Waals surface area (Å²) in [6, 6.07) is 16.4. The summed E-state index contributed by atoms with van der Waals surface area (Å²) in [6.45, 7) is 0.245. The normalized spacial score (nSPS) is 11.3. The molecule has 0 aliphatic rings. The van der Waals surface area contributed by atoms with Gasteiger partial charge in [-0.15, -0.1) is 0 Å². The Hall–Kier alpha value is -2.89. The highest BCUT2D eigenvalue weighted by atomic mass is 19.4. The number of nitrogens with zero attached hydrogens (tertiary/aromatic N) is 2. The maximum absolute atomic E-state index is 12.7. The Morgan fingerprint density at radius 1 is 0.917 bits per heavy atom. The van der Waals surface area contributed by atoms with Crippen molar-refractivity contribution in [3.63, 3.8) is 0 Å². The van der Waals surface area contributed by atoms with Crippen LogP contribution in [0.25, 0.3) is 11.4 Å². The van der Waals surface area contributed by atoms with Gasteiger partial charge >= 0.3 is 6.18 Å². The van der Waals surface area contributed by atoms with Crippen molar-refractivity contribution in [1.82, 2.24) is 9.97 Å². The van der Waals surface area contributed by atoms with Gasteiger partial charge in [-0.3, -0.25) is 0 Å². The van der Waals surface area contributed by atoms with E-state index < -0.39 is 11.7 Å². The number of hydrogen-bond acceptors (Lipinski definition) is 3. The first-order valence-corrected chi connectivity index (χ1v) is 7.31. The number of benzene rings is 2. The number of rotatable bonds is 4. The zero-order valence-electron chi connectivity index (χ0n) is 12.6. The lowest BCUT2D eigenvalue weighted by Crippen LogP contribution is -2.07. The molecule has 0 bridgehead atoms. The highest BCUT2D eigenvalue weighted by molar-refractivity contribution is 5.56. The maximum Gasteiger partial charge on any atom is 0.416 e. The molecule has 6 heteroatoms. The van der Waals surface area contributed by atoms with Gasteiger partial charge < -0.3 is 5.32 Å². The van der Waals surface area contributed by atoms with E-state index in [1.54, 1.807) is 18.3 Å². The molecule has 0 aliphatic heterocycles. The summed E-state index contributed by atoms with van der Waals surface area (Å²) >= 11 is 0. The number of aromatic nitrogens is 2. The minimum absolute atomic E-state index is 0.245. The molecule has 0 radical (unpaired) electrons. The molecule has 0 spiro atoms. The smallest absolute Gasteiger partial charge is 0.366 e. The summed E-state index contributed by atoms with van der Waals surface area (Å²) in [7, 11) is 0. The first kappa shape index (κ1) is 16.0. The third-order valence-corrected chi connectivity index (χ3v) is 3.42. The lowest BCUT2D eigenvalue weighted by atomic mass is 10.1. The molecule has 2 aromatic carbocycles. The van der Waals surface area contributed by atoms with Crippen LogP contribution in [-0.2, 0) is 12.7 Å². The van der Waals surface area contributed by atoms with Crippen LogP contribution in [-0.4, -0.2) is 9.97 Å². The number of hydrogen-bond donors (Lipinski definition) is 1. The monoisotopic (exact) mass is 329 g/mol. The molecule has 3 rings (SSSR count). The van der Waals surface area contributed by atoms with E-state index in [0.29, 0.717) is 17.2 Å². The predicted octanol–water partition coefficient (Wildman–Crippen LogP) is 4.77. The van der Waals surface area contributed by atoms with E-state index in [-0.39, 0.29) is 6.54 Å². The zero-order valence-corrected chi connectivity index (χ0v) is 12.6. The van der Waals surface area contributed by atoms with Crippen molar-refractivity contribution in [3.05, 3.63) is 78.0 Å². The average Bonchev–Trinajstić information content (AvgIpc) is 2.61. The molecule has 0 fully saturated rings. The number of alkyl halides is 3. The molecule has 0 aliphatic carbocycles. The van der Waals surface area contributed by atoms with Crippen LogP contribution in [0, 0.1) is 0 Å². The van der Waals surface area contributed by atoms with Gasteiger partial charge in [-0.2, -0.15) is 13.2 Å². The minimum Gasteiger partial charge on any atom is -0.366 e. The van der Waals surface area contributed by atoms with Gasteiger partial charge in [0.2, 0.25) is 0 Å². The number of anilines is 1. The minimum atomic E-state index is -4.34. The molecule has 1 aromatic heterocycles. The van der Waals surface area contributed by atoms with Crippen LogP contribution in [0.5, 0.6) is 0 Å². The summed E-state index contributed by atoms with van der Waals surface area (Å²) in [5.74, 6) is 1.12. The van der Waals surface area contributed by atoms with Gasteiger partial charge in [-0.25, -0.2) is 9.97 Å². The Balaban J connectivity index is 1.74. The fraction of sp³-hybridized carbons (Fsp3) is 0.111. The lowest BCUT2D eigenvalue weighted by molar-refractivity contribution is -0.137. The highest BCUT2D eigenvalue weighted by Gasteiger charge is 2.30. The van der Waals surface area contributed by atoms with Crippen molar-refractivity contribution >= 4 is 5.82 Å². The molecular formula is C18H14F3N3. The van der Waals surface area contributed by atoms with E-state index in [1.165, 1.54) is 6.07 Å². The van der Waals surface area contributed by atoms with E-state index in [0.717, 1.165) is 17.7 Å². The van der Waals surface area contributed by atoms with Gasteiger partial charge in [-0.1, -0.05) is 42.5 Å². The van der Waals surface area contributed by atoms with Crippen LogP contribution in [0.4, 0.5) is 19.0 Å². The maximum atomic E-state index is 12.7. The van der Waals surface area contributed by atoms with Crippen molar-refractivity contribution in [1.29, 1.82) is 0 Å². The average molecular weight is 329 g/mol. The SMILES string of the molecule is FC(F)(F)c1cccc(CNc2ccnc(-c3ccccc3)n2)c1. The van der Waals surface area contributed by atoms with Crippen LogP contribution < -0.4 is 5.32 Å². The molecule has 0 amide bonds. The zero-order chi connectivity index (χ0) is 17.0. The second-order valence-electron chi connectivity index (χ2n) is 5.18. The third kappa shape index (κ3) is 3.90. The van der Waals surface area contributed by atoms with Crippen molar-refractivity contribution in [2.24, 2.45) is 0 Å².